The van der Waals surface area contributed by atoms with Gasteiger partial charge >= 0.3 is 5.97 Å². The first-order valence-electron chi connectivity index (χ1n) is 6.40. The number of aromatic nitrogens is 1. The van der Waals surface area contributed by atoms with Gasteiger partial charge in [-0.25, -0.2) is 0 Å². The maximum Gasteiger partial charge on any atom is 0.306 e. The van der Waals surface area contributed by atoms with E-state index in [1.165, 1.54) is 33.3 Å². The van der Waals surface area contributed by atoms with Crippen LogP contribution in [0.15, 0.2) is 12.1 Å². The summed E-state index contributed by atoms with van der Waals surface area (Å²) in [5.41, 5.74) is 6.18. The standard InChI is InChI=1S/C15H17NO2/c1-8-3-5-11-12-7-10(15(17)18)4-6-13(12)16-14(11)9(8)2/h3,5,10,16H,4,6-7H2,1-2H3,(H,17,18). The van der Waals surface area contributed by atoms with Gasteiger partial charge in [-0.05, 0) is 49.8 Å². The van der Waals surface area contributed by atoms with Crippen LogP contribution in [-0.2, 0) is 17.6 Å². The van der Waals surface area contributed by atoms with Crippen LogP contribution in [0.2, 0.25) is 0 Å². The van der Waals surface area contributed by atoms with E-state index in [1.54, 1.807) is 0 Å². The molecule has 0 saturated heterocycles. The summed E-state index contributed by atoms with van der Waals surface area (Å²) in [7, 11) is 0. The Morgan fingerprint density at radius 3 is 2.89 bits per heavy atom. The van der Waals surface area contributed by atoms with Crippen LogP contribution in [-0.4, -0.2) is 16.1 Å². The van der Waals surface area contributed by atoms with Crippen molar-refractivity contribution in [3.05, 3.63) is 34.5 Å². The Bertz CT molecular complexity index is 639. The lowest BCUT2D eigenvalue weighted by Gasteiger charge is -2.18. The summed E-state index contributed by atoms with van der Waals surface area (Å²) in [6.45, 7) is 4.23. The number of benzene rings is 1. The van der Waals surface area contributed by atoms with E-state index in [4.69, 9.17) is 5.11 Å². The van der Waals surface area contributed by atoms with E-state index in [-0.39, 0.29) is 5.92 Å². The largest absolute Gasteiger partial charge is 0.481 e. The summed E-state index contributed by atoms with van der Waals surface area (Å²) >= 11 is 0. The Labute approximate surface area is 106 Å². The number of aliphatic carboxylic acids is 1. The molecule has 3 nitrogen and oxygen atoms in total. The fourth-order valence-corrected chi connectivity index (χ4v) is 2.94. The third-order valence-corrected chi connectivity index (χ3v) is 4.24. The van der Waals surface area contributed by atoms with Crippen molar-refractivity contribution >= 4 is 16.9 Å². The van der Waals surface area contributed by atoms with Gasteiger partial charge in [-0.3, -0.25) is 4.79 Å². The Kier molecular flexibility index (Phi) is 2.44. The van der Waals surface area contributed by atoms with E-state index < -0.39 is 5.97 Å². The quantitative estimate of drug-likeness (QED) is 0.809. The van der Waals surface area contributed by atoms with Crippen LogP contribution < -0.4 is 0 Å². The van der Waals surface area contributed by atoms with Crippen LogP contribution in [0, 0.1) is 19.8 Å². The molecule has 1 aliphatic rings. The van der Waals surface area contributed by atoms with Crippen molar-refractivity contribution in [3.63, 3.8) is 0 Å². The normalized spacial score (nSPS) is 18.9. The summed E-state index contributed by atoms with van der Waals surface area (Å²) in [5.74, 6) is -0.892. The van der Waals surface area contributed by atoms with Crippen molar-refractivity contribution in [1.29, 1.82) is 0 Å². The highest BCUT2D eigenvalue weighted by atomic mass is 16.4. The summed E-state index contributed by atoms with van der Waals surface area (Å²) in [6, 6.07) is 4.24. The molecular weight excluding hydrogens is 226 g/mol. The molecule has 1 atom stereocenters. The third-order valence-electron chi connectivity index (χ3n) is 4.24. The smallest absolute Gasteiger partial charge is 0.306 e. The maximum atomic E-state index is 11.1. The molecule has 0 bridgehead atoms. The van der Waals surface area contributed by atoms with Crippen LogP contribution in [0.5, 0.6) is 0 Å². The summed E-state index contributed by atoms with van der Waals surface area (Å²) < 4.78 is 0. The van der Waals surface area contributed by atoms with Gasteiger partial charge in [-0.1, -0.05) is 12.1 Å². The number of carboxylic acid groups (broad SMARTS) is 1. The number of carboxylic acids is 1. The van der Waals surface area contributed by atoms with Gasteiger partial charge in [0.05, 0.1) is 5.92 Å². The monoisotopic (exact) mass is 243 g/mol. The molecule has 0 fully saturated rings. The molecule has 1 aliphatic carbocycles. The second kappa shape index (κ2) is 3.87. The van der Waals surface area contributed by atoms with Gasteiger partial charge in [0.1, 0.15) is 0 Å². The zero-order chi connectivity index (χ0) is 12.9. The molecule has 0 amide bonds. The Morgan fingerprint density at radius 2 is 2.17 bits per heavy atom. The second-order valence-electron chi connectivity index (χ2n) is 5.29. The molecule has 1 aromatic heterocycles. The minimum Gasteiger partial charge on any atom is -0.481 e. The van der Waals surface area contributed by atoms with E-state index in [0.717, 1.165) is 12.8 Å². The van der Waals surface area contributed by atoms with Crippen LogP contribution in [0.4, 0.5) is 0 Å². The average Bonchev–Trinajstić information content (AvgIpc) is 2.72. The zero-order valence-electron chi connectivity index (χ0n) is 10.7. The van der Waals surface area contributed by atoms with Crippen LogP contribution in [0.25, 0.3) is 10.9 Å². The van der Waals surface area contributed by atoms with Gasteiger partial charge < -0.3 is 10.1 Å². The molecule has 0 radical (unpaired) electrons. The fourth-order valence-electron chi connectivity index (χ4n) is 2.94. The number of hydrogen-bond acceptors (Lipinski definition) is 1. The third kappa shape index (κ3) is 1.54. The summed E-state index contributed by atoms with van der Waals surface area (Å²) in [4.78, 5) is 14.6. The second-order valence-corrected chi connectivity index (χ2v) is 5.29. The van der Waals surface area contributed by atoms with E-state index in [2.05, 4.69) is 31.0 Å². The van der Waals surface area contributed by atoms with Gasteiger partial charge in [0.25, 0.3) is 0 Å². The van der Waals surface area contributed by atoms with Crippen molar-refractivity contribution in [2.24, 2.45) is 5.92 Å². The first-order chi connectivity index (χ1) is 8.58. The van der Waals surface area contributed by atoms with Gasteiger partial charge in [0.2, 0.25) is 0 Å². The molecule has 2 N–H and O–H groups in total. The summed E-state index contributed by atoms with van der Waals surface area (Å²) in [5, 5.41) is 10.4. The molecule has 94 valence electrons. The molecule has 0 aliphatic heterocycles. The highest BCUT2D eigenvalue weighted by Gasteiger charge is 2.27. The number of carbonyl (C=O) groups is 1. The first kappa shape index (κ1) is 11.3. The molecule has 18 heavy (non-hydrogen) atoms. The lowest BCUT2D eigenvalue weighted by Crippen LogP contribution is -2.21. The first-order valence-corrected chi connectivity index (χ1v) is 6.40. The van der Waals surface area contributed by atoms with Crippen molar-refractivity contribution in [2.45, 2.75) is 33.1 Å². The predicted octanol–water partition coefficient (Wildman–Crippen LogP) is 2.97. The zero-order valence-corrected chi connectivity index (χ0v) is 10.7. The average molecular weight is 243 g/mol. The van der Waals surface area contributed by atoms with Crippen molar-refractivity contribution in [1.82, 2.24) is 4.98 Å². The number of aromatic amines is 1. The van der Waals surface area contributed by atoms with E-state index in [0.29, 0.717) is 6.42 Å². The Balaban J connectivity index is 2.17. The minimum absolute atomic E-state index is 0.224. The highest BCUT2D eigenvalue weighted by Crippen LogP contribution is 2.33. The predicted molar refractivity (Wildman–Crippen MR) is 70.9 cm³/mol. The number of nitrogens with one attached hydrogen (secondary N) is 1. The number of H-pyrrole nitrogens is 1. The molecule has 1 aromatic carbocycles. The van der Waals surface area contributed by atoms with Gasteiger partial charge in [-0.15, -0.1) is 0 Å². The van der Waals surface area contributed by atoms with Crippen molar-refractivity contribution in [3.8, 4) is 0 Å². The Morgan fingerprint density at radius 1 is 1.39 bits per heavy atom. The van der Waals surface area contributed by atoms with Crippen LogP contribution in [0.3, 0.4) is 0 Å². The topological polar surface area (TPSA) is 53.1 Å². The lowest BCUT2D eigenvalue weighted by molar-refractivity contribution is -0.142. The molecule has 3 heteroatoms. The number of hydrogen-bond donors (Lipinski definition) is 2. The van der Waals surface area contributed by atoms with E-state index >= 15 is 0 Å². The molecular formula is C15H17NO2. The van der Waals surface area contributed by atoms with Crippen molar-refractivity contribution < 1.29 is 9.90 Å². The minimum atomic E-state index is -0.668. The van der Waals surface area contributed by atoms with Gasteiger partial charge in [-0.2, -0.15) is 0 Å². The number of aryl methyl sites for hydroxylation is 3. The summed E-state index contributed by atoms with van der Waals surface area (Å²) in [6.07, 6.45) is 2.25. The van der Waals surface area contributed by atoms with Crippen LogP contribution >= 0.6 is 0 Å². The molecule has 0 saturated carbocycles. The highest BCUT2D eigenvalue weighted by molar-refractivity contribution is 5.89. The van der Waals surface area contributed by atoms with Crippen LogP contribution in [0.1, 0.15) is 28.8 Å². The number of fused-ring (bicyclic) bond motifs is 3. The molecule has 1 unspecified atom stereocenters. The molecule has 1 heterocycles. The molecule has 0 spiro atoms. The van der Waals surface area contributed by atoms with Crippen molar-refractivity contribution in [2.75, 3.05) is 0 Å². The van der Waals surface area contributed by atoms with Gasteiger partial charge in [0.15, 0.2) is 0 Å². The number of rotatable bonds is 1. The fraction of sp³-hybridized carbons (Fsp3) is 0.400. The lowest BCUT2D eigenvalue weighted by atomic mass is 9.86. The van der Waals surface area contributed by atoms with E-state index in [9.17, 15) is 4.79 Å². The molecule has 3 rings (SSSR count). The maximum absolute atomic E-state index is 11.1. The molecule has 2 aromatic rings. The van der Waals surface area contributed by atoms with Gasteiger partial charge in [0, 0.05) is 16.6 Å². The Hall–Kier alpha value is -1.77. The van der Waals surface area contributed by atoms with E-state index in [1.807, 2.05) is 0 Å². The SMILES string of the molecule is Cc1ccc2c3c([nH]c2c1C)CCC(C(=O)O)C3.